The normalized spacial score (nSPS) is 38.8. The molecular formula is C17H23N3. The Morgan fingerprint density at radius 1 is 1.10 bits per heavy atom. The maximum absolute atomic E-state index is 5.87. The van der Waals surface area contributed by atoms with Crippen LogP contribution in [0.1, 0.15) is 56.2 Å². The lowest BCUT2D eigenvalue weighted by Crippen LogP contribution is -2.44. The van der Waals surface area contributed by atoms with Gasteiger partial charge in [-0.1, -0.05) is 12.2 Å². The van der Waals surface area contributed by atoms with E-state index in [2.05, 4.69) is 29.0 Å². The van der Waals surface area contributed by atoms with Crippen LogP contribution in [0, 0.1) is 23.7 Å². The minimum Gasteiger partial charge on any atom is -0.368 e. The predicted octanol–water partition coefficient (Wildman–Crippen LogP) is 3.63. The molecule has 4 aliphatic rings. The summed E-state index contributed by atoms with van der Waals surface area (Å²) in [5, 5.41) is 0. The summed E-state index contributed by atoms with van der Waals surface area (Å²) in [6.45, 7) is 2.05. The van der Waals surface area contributed by atoms with E-state index in [1.54, 1.807) is 0 Å². The van der Waals surface area contributed by atoms with Crippen molar-refractivity contribution in [3.05, 3.63) is 23.5 Å². The first-order valence-corrected chi connectivity index (χ1v) is 7.99. The molecule has 1 aromatic rings. The second kappa shape index (κ2) is 4.57. The summed E-state index contributed by atoms with van der Waals surface area (Å²) in [7, 11) is 0. The monoisotopic (exact) mass is 269 g/mol. The van der Waals surface area contributed by atoms with E-state index in [4.69, 9.17) is 5.73 Å². The van der Waals surface area contributed by atoms with Gasteiger partial charge in [0.1, 0.15) is 0 Å². The molecule has 3 nitrogen and oxygen atoms in total. The van der Waals surface area contributed by atoms with Gasteiger partial charge in [0.25, 0.3) is 0 Å². The van der Waals surface area contributed by atoms with Gasteiger partial charge in [-0.3, -0.25) is 0 Å². The highest BCUT2D eigenvalue weighted by molar-refractivity contribution is 5.53. The van der Waals surface area contributed by atoms with Crippen LogP contribution in [0.4, 0.5) is 5.95 Å². The molecule has 0 atom stereocenters. The van der Waals surface area contributed by atoms with E-state index < -0.39 is 0 Å². The van der Waals surface area contributed by atoms with Crippen LogP contribution < -0.4 is 5.73 Å². The van der Waals surface area contributed by atoms with Crippen LogP contribution in [0.15, 0.2) is 12.3 Å². The molecular weight excluding hydrogens is 246 g/mol. The molecule has 0 saturated heterocycles. The summed E-state index contributed by atoms with van der Waals surface area (Å²) in [6, 6.07) is 0. The Morgan fingerprint density at radius 2 is 1.75 bits per heavy atom. The van der Waals surface area contributed by atoms with Crippen molar-refractivity contribution in [3.8, 4) is 0 Å². The average molecular weight is 269 g/mol. The van der Waals surface area contributed by atoms with E-state index in [-0.39, 0.29) is 0 Å². The second-order valence-electron chi connectivity index (χ2n) is 7.03. The Morgan fingerprint density at radius 3 is 2.35 bits per heavy atom. The lowest BCUT2D eigenvalue weighted by molar-refractivity contribution is -0.00420. The van der Waals surface area contributed by atoms with Gasteiger partial charge in [-0.25, -0.2) is 9.97 Å². The lowest BCUT2D eigenvalue weighted by atomic mass is 9.51. The molecule has 4 fully saturated rings. The molecule has 4 bridgehead atoms. The Bertz CT molecular complexity index is 521. The van der Waals surface area contributed by atoms with Gasteiger partial charge in [0.05, 0.1) is 5.69 Å². The van der Waals surface area contributed by atoms with E-state index in [9.17, 15) is 0 Å². The zero-order valence-electron chi connectivity index (χ0n) is 12.1. The standard InChI is InChI=1S/C17H23N3/c1-2-3-12-9-19-17(18)20-16(12)15-13-5-10-4-11(7-13)8-14(15)6-10/h2-3,9-11,13-15H,4-8H2,1H3,(H2,18,19,20)/b3-2+. The van der Waals surface area contributed by atoms with Crippen LogP contribution in [-0.2, 0) is 0 Å². The molecule has 4 saturated carbocycles. The van der Waals surface area contributed by atoms with E-state index in [1.165, 1.54) is 43.4 Å². The molecule has 0 spiro atoms. The summed E-state index contributed by atoms with van der Waals surface area (Å²) in [5.41, 5.74) is 8.28. The Kier molecular flexibility index (Phi) is 2.83. The van der Waals surface area contributed by atoms with Crippen LogP contribution in [0.25, 0.3) is 6.08 Å². The number of rotatable bonds is 2. The van der Waals surface area contributed by atoms with Gasteiger partial charge in [-0.2, -0.15) is 0 Å². The van der Waals surface area contributed by atoms with Gasteiger partial charge >= 0.3 is 0 Å². The third-order valence-electron chi connectivity index (χ3n) is 5.76. The number of nitrogens with two attached hydrogens (primary N) is 1. The number of anilines is 1. The molecule has 0 aliphatic heterocycles. The number of nitrogen functional groups attached to an aromatic ring is 1. The van der Waals surface area contributed by atoms with Crippen molar-refractivity contribution in [1.82, 2.24) is 9.97 Å². The number of nitrogens with zero attached hydrogens (tertiary/aromatic N) is 2. The summed E-state index contributed by atoms with van der Waals surface area (Å²) in [5.74, 6) is 4.73. The quantitative estimate of drug-likeness (QED) is 0.892. The van der Waals surface area contributed by atoms with Gasteiger partial charge in [0.2, 0.25) is 5.95 Å². The molecule has 0 amide bonds. The second-order valence-corrected chi connectivity index (χ2v) is 7.03. The van der Waals surface area contributed by atoms with Crippen molar-refractivity contribution < 1.29 is 0 Å². The molecule has 20 heavy (non-hydrogen) atoms. The average Bonchev–Trinajstić information content (AvgIpc) is 2.40. The van der Waals surface area contributed by atoms with Crippen molar-refractivity contribution in [3.63, 3.8) is 0 Å². The van der Waals surface area contributed by atoms with Gasteiger partial charge < -0.3 is 5.73 Å². The minimum absolute atomic E-state index is 0.432. The Balaban J connectivity index is 1.75. The molecule has 106 valence electrons. The largest absolute Gasteiger partial charge is 0.368 e. The molecule has 0 unspecified atom stereocenters. The van der Waals surface area contributed by atoms with Crippen LogP contribution in [0.5, 0.6) is 0 Å². The third-order valence-corrected chi connectivity index (χ3v) is 5.76. The lowest BCUT2D eigenvalue weighted by Gasteiger charge is -2.54. The highest BCUT2D eigenvalue weighted by Gasteiger charge is 2.49. The van der Waals surface area contributed by atoms with Crippen LogP contribution in [0.2, 0.25) is 0 Å². The highest BCUT2D eigenvalue weighted by Crippen LogP contribution is 2.59. The molecule has 0 radical (unpaired) electrons. The SMILES string of the molecule is C/C=C/c1cnc(N)nc1C1C2CC3CC(C2)CC1C3. The van der Waals surface area contributed by atoms with Crippen molar-refractivity contribution in [1.29, 1.82) is 0 Å². The van der Waals surface area contributed by atoms with Gasteiger partial charge in [0, 0.05) is 17.7 Å². The summed E-state index contributed by atoms with van der Waals surface area (Å²) < 4.78 is 0. The van der Waals surface area contributed by atoms with E-state index in [0.29, 0.717) is 11.9 Å². The zero-order chi connectivity index (χ0) is 13.7. The first kappa shape index (κ1) is 12.4. The van der Waals surface area contributed by atoms with Crippen molar-refractivity contribution in [2.45, 2.75) is 44.9 Å². The Labute approximate surface area is 120 Å². The van der Waals surface area contributed by atoms with Gasteiger partial charge in [-0.15, -0.1) is 0 Å². The highest BCUT2D eigenvalue weighted by atomic mass is 15.0. The van der Waals surface area contributed by atoms with Crippen LogP contribution in [-0.4, -0.2) is 9.97 Å². The smallest absolute Gasteiger partial charge is 0.220 e. The van der Waals surface area contributed by atoms with E-state index >= 15 is 0 Å². The Hall–Kier alpha value is -1.38. The number of hydrogen-bond donors (Lipinski definition) is 1. The molecule has 3 heteroatoms. The predicted molar refractivity (Wildman–Crippen MR) is 80.9 cm³/mol. The molecule has 2 N–H and O–H groups in total. The fourth-order valence-electron chi connectivity index (χ4n) is 5.37. The topological polar surface area (TPSA) is 51.8 Å². The molecule has 4 aliphatic carbocycles. The molecule has 5 rings (SSSR count). The van der Waals surface area contributed by atoms with Gasteiger partial charge in [-0.05, 0) is 62.7 Å². The zero-order valence-corrected chi connectivity index (χ0v) is 12.1. The summed E-state index contributed by atoms with van der Waals surface area (Å²) in [4.78, 5) is 8.84. The van der Waals surface area contributed by atoms with Crippen molar-refractivity contribution in [2.75, 3.05) is 5.73 Å². The molecule has 1 aromatic heterocycles. The van der Waals surface area contributed by atoms with Crippen LogP contribution in [0.3, 0.4) is 0 Å². The minimum atomic E-state index is 0.432. The molecule has 0 aromatic carbocycles. The fraction of sp³-hybridized carbons (Fsp3) is 0.647. The van der Waals surface area contributed by atoms with E-state index in [0.717, 1.165) is 23.7 Å². The fourth-order valence-corrected chi connectivity index (χ4v) is 5.37. The first-order valence-electron chi connectivity index (χ1n) is 7.99. The number of hydrogen-bond acceptors (Lipinski definition) is 3. The number of allylic oxidation sites excluding steroid dienone is 1. The van der Waals surface area contributed by atoms with Crippen molar-refractivity contribution >= 4 is 12.0 Å². The summed E-state index contributed by atoms with van der Waals surface area (Å²) >= 11 is 0. The van der Waals surface area contributed by atoms with E-state index in [1.807, 2.05) is 6.20 Å². The summed E-state index contributed by atoms with van der Waals surface area (Å²) in [6.07, 6.45) is 13.3. The first-order chi connectivity index (χ1) is 9.74. The van der Waals surface area contributed by atoms with Crippen LogP contribution >= 0.6 is 0 Å². The third kappa shape index (κ3) is 1.87. The number of aromatic nitrogens is 2. The molecule has 1 heterocycles. The maximum Gasteiger partial charge on any atom is 0.220 e. The van der Waals surface area contributed by atoms with Gasteiger partial charge in [0.15, 0.2) is 0 Å². The maximum atomic E-state index is 5.87. The van der Waals surface area contributed by atoms with Crippen molar-refractivity contribution in [2.24, 2.45) is 23.7 Å².